The summed E-state index contributed by atoms with van der Waals surface area (Å²) in [6.07, 6.45) is 0.0328. The summed E-state index contributed by atoms with van der Waals surface area (Å²) in [5, 5.41) is 10.3. The summed E-state index contributed by atoms with van der Waals surface area (Å²) < 4.78 is 15.1. The fourth-order valence-electron chi connectivity index (χ4n) is 3.16. The molecule has 0 N–H and O–H groups in total. The van der Waals surface area contributed by atoms with Gasteiger partial charge in [-0.2, -0.15) is 0 Å². The van der Waals surface area contributed by atoms with Crippen molar-refractivity contribution in [3.8, 4) is 0 Å². The van der Waals surface area contributed by atoms with E-state index >= 15 is 0 Å². The number of nitrogens with zero attached hydrogens (tertiary/aromatic N) is 2. The van der Waals surface area contributed by atoms with Crippen molar-refractivity contribution in [2.24, 2.45) is 5.92 Å². The van der Waals surface area contributed by atoms with Crippen molar-refractivity contribution in [3.05, 3.63) is 51.2 Å². The molecule has 31 heavy (non-hydrogen) atoms. The standard InChI is InChI=1S/C20H24N2O8S/c1-11(2)16(19(24)28-4)21-17(23)15(18(21)31-5)12(3)30-20(25)29-10-13-6-8-14(9-7-13)22(26)27/h6-9,12,15,18H,10H2,1-5H3/t12-,15-,18+/m0/s1. The smallest absolute Gasteiger partial charge is 0.464 e. The van der Waals surface area contributed by atoms with Crippen molar-refractivity contribution in [1.82, 2.24) is 4.90 Å². The van der Waals surface area contributed by atoms with Crippen LogP contribution in [0, 0.1) is 16.0 Å². The SMILES string of the molecule is COC(=O)C(=C(C)C)N1C(=O)[C@H]([C@H](C)OC(=O)OCc2ccc([N+](=O)[O-])cc2)[C@H]1SC. The van der Waals surface area contributed by atoms with E-state index in [9.17, 15) is 24.5 Å². The molecule has 1 heterocycles. The number of rotatable bonds is 8. The molecule has 3 atom stereocenters. The number of esters is 1. The number of hydrogen-bond donors (Lipinski definition) is 0. The molecule has 0 radical (unpaired) electrons. The average Bonchev–Trinajstić information content (AvgIpc) is 2.73. The van der Waals surface area contributed by atoms with E-state index in [-0.39, 0.29) is 23.9 Å². The van der Waals surface area contributed by atoms with E-state index in [1.165, 1.54) is 48.0 Å². The quantitative estimate of drug-likeness (QED) is 0.192. The van der Waals surface area contributed by atoms with Crippen molar-refractivity contribution in [3.63, 3.8) is 0 Å². The first kappa shape index (κ1) is 24.2. The number of carbonyl (C=O) groups is 3. The van der Waals surface area contributed by atoms with Crippen LogP contribution in [0.5, 0.6) is 0 Å². The first-order valence-electron chi connectivity index (χ1n) is 9.30. The Bertz CT molecular complexity index is 895. The zero-order valence-electron chi connectivity index (χ0n) is 17.8. The van der Waals surface area contributed by atoms with Crippen LogP contribution in [-0.2, 0) is 30.4 Å². The second-order valence-electron chi connectivity index (χ2n) is 6.99. The first-order valence-corrected chi connectivity index (χ1v) is 10.6. The molecule has 1 saturated heterocycles. The van der Waals surface area contributed by atoms with Crippen LogP contribution in [0.25, 0.3) is 0 Å². The summed E-state index contributed by atoms with van der Waals surface area (Å²) in [4.78, 5) is 48.4. The Morgan fingerprint density at radius 2 is 1.87 bits per heavy atom. The number of β-lactam (4-membered cyclic amide) rings is 1. The van der Waals surface area contributed by atoms with Crippen molar-refractivity contribution in [2.75, 3.05) is 13.4 Å². The minimum atomic E-state index is -0.965. The first-order chi connectivity index (χ1) is 14.6. The summed E-state index contributed by atoms with van der Waals surface area (Å²) in [5.41, 5.74) is 1.29. The largest absolute Gasteiger partial charge is 0.508 e. The molecule has 0 aliphatic carbocycles. The molecule has 0 unspecified atom stereocenters. The van der Waals surface area contributed by atoms with Crippen LogP contribution in [0.3, 0.4) is 0 Å². The number of thioether (sulfide) groups is 1. The van der Waals surface area contributed by atoms with Crippen LogP contribution < -0.4 is 0 Å². The molecule has 0 bridgehead atoms. The monoisotopic (exact) mass is 452 g/mol. The predicted molar refractivity (Wildman–Crippen MR) is 112 cm³/mol. The highest BCUT2D eigenvalue weighted by atomic mass is 32.2. The Morgan fingerprint density at radius 1 is 1.26 bits per heavy atom. The van der Waals surface area contributed by atoms with E-state index in [1.807, 2.05) is 0 Å². The number of carbonyl (C=O) groups excluding carboxylic acids is 3. The van der Waals surface area contributed by atoms with Gasteiger partial charge in [0.15, 0.2) is 0 Å². The molecule has 1 aromatic carbocycles. The third kappa shape index (κ3) is 5.35. The number of ether oxygens (including phenoxy) is 3. The zero-order chi connectivity index (χ0) is 23.3. The number of benzene rings is 1. The van der Waals surface area contributed by atoms with Gasteiger partial charge in [0, 0.05) is 12.1 Å². The molecule has 0 aromatic heterocycles. The number of hydrogen-bond acceptors (Lipinski definition) is 9. The molecular formula is C20H24N2O8S. The van der Waals surface area contributed by atoms with E-state index < -0.39 is 34.4 Å². The van der Waals surface area contributed by atoms with Crippen molar-refractivity contribution < 1.29 is 33.5 Å². The Morgan fingerprint density at radius 3 is 2.35 bits per heavy atom. The molecule has 1 aliphatic heterocycles. The summed E-state index contributed by atoms with van der Waals surface area (Å²) >= 11 is 1.35. The van der Waals surface area contributed by atoms with Gasteiger partial charge >= 0.3 is 12.1 Å². The lowest BCUT2D eigenvalue weighted by Gasteiger charge is -2.48. The number of amides is 1. The van der Waals surface area contributed by atoms with Gasteiger partial charge in [0.1, 0.15) is 24.3 Å². The number of allylic oxidation sites excluding steroid dienone is 1. The van der Waals surface area contributed by atoms with Crippen molar-refractivity contribution in [2.45, 2.75) is 38.9 Å². The summed E-state index contributed by atoms with van der Waals surface area (Å²) in [6, 6.07) is 5.55. The predicted octanol–water partition coefficient (Wildman–Crippen LogP) is 3.25. The molecule has 0 spiro atoms. The van der Waals surface area contributed by atoms with Crippen molar-refractivity contribution in [1.29, 1.82) is 0 Å². The maximum absolute atomic E-state index is 12.8. The number of nitro benzene ring substituents is 1. The van der Waals surface area contributed by atoms with E-state index in [2.05, 4.69) is 0 Å². The minimum Gasteiger partial charge on any atom is -0.464 e. The Balaban J connectivity index is 1.98. The second-order valence-corrected chi connectivity index (χ2v) is 7.94. The highest BCUT2D eigenvalue weighted by Crippen LogP contribution is 2.41. The van der Waals surface area contributed by atoms with Gasteiger partial charge in [-0.05, 0) is 50.3 Å². The second kappa shape index (κ2) is 10.3. The molecular weight excluding hydrogens is 428 g/mol. The van der Waals surface area contributed by atoms with E-state index in [0.717, 1.165) is 0 Å². The molecule has 2 rings (SSSR count). The maximum Gasteiger partial charge on any atom is 0.508 e. The van der Waals surface area contributed by atoms with Gasteiger partial charge in [0.2, 0.25) is 5.91 Å². The lowest BCUT2D eigenvalue weighted by atomic mass is 9.91. The van der Waals surface area contributed by atoms with Crippen LogP contribution in [0.4, 0.5) is 10.5 Å². The van der Waals surface area contributed by atoms with Crippen LogP contribution in [0.15, 0.2) is 35.5 Å². The fourth-order valence-corrected chi connectivity index (χ4v) is 4.21. The van der Waals surface area contributed by atoms with E-state index in [1.54, 1.807) is 27.0 Å². The van der Waals surface area contributed by atoms with Gasteiger partial charge < -0.3 is 14.2 Å². The summed E-state index contributed by atoms with van der Waals surface area (Å²) in [6.45, 7) is 4.86. The molecule has 1 aromatic rings. The summed E-state index contributed by atoms with van der Waals surface area (Å²) in [7, 11) is 1.24. The average molecular weight is 452 g/mol. The Kier molecular flexibility index (Phi) is 8.03. The Hall–Kier alpha value is -3.08. The fraction of sp³-hybridized carbons (Fsp3) is 0.450. The number of non-ortho nitro benzene ring substituents is 1. The number of likely N-dealkylation sites (tertiary alicyclic amines) is 1. The molecule has 1 aliphatic rings. The third-order valence-electron chi connectivity index (χ3n) is 4.71. The van der Waals surface area contributed by atoms with E-state index in [4.69, 9.17) is 14.2 Å². The molecule has 10 nitrogen and oxygen atoms in total. The van der Waals surface area contributed by atoms with Gasteiger partial charge in [-0.3, -0.25) is 19.8 Å². The lowest BCUT2D eigenvalue weighted by Crippen LogP contribution is -2.63. The van der Waals surface area contributed by atoms with Gasteiger partial charge in [0.05, 0.1) is 17.4 Å². The van der Waals surface area contributed by atoms with Gasteiger partial charge in [-0.1, -0.05) is 0 Å². The normalized spacial score (nSPS) is 18.5. The van der Waals surface area contributed by atoms with Gasteiger partial charge in [-0.15, -0.1) is 11.8 Å². The third-order valence-corrected chi connectivity index (χ3v) is 5.70. The van der Waals surface area contributed by atoms with Crippen LogP contribution in [0.1, 0.15) is 26.3 Å². The highest BCUT2D eigenvalue weighted by Gasteiger charge is 2.54. The molecule has 0 saturated carbocycles. The lowest BCUT2D eigenvalue weighted by molar-refractivity contribution is -0.384. The van der Waals surface area contributed by atoms with E-state index in [0.29, 0.717) is 11.1 Å². The number of methoxy groups -OCH3 is 1. The topological polar surface area (TPSA) is 125 Å². The summed E-state index contributed by atoms with van der Waals surface area (Å²) in [5.74, 6) is -1.61. The maximum atomic E-state index is 12.8. The molecule has 11 heteroatoms. The van der Waals surface area contributed by atoms with Crippen molar-refractivity contribution >= 4 is 35.5 Å². The molecule has 168 valence electrons. The number of nitro groups is 1. The molecule has 1 amide bonds. The van der Waals surface area contributed by atoms with Crippen LogP contribution >= 0.6 is 11.8 Å². The Labute approximate surface area is 183 Å². The van der Waals surface area contributed by atoms with Crippen LogP contribution in [0.2, 0.25) is 0 Å². The zero-order valence-corrected chi connectivity index (χ0v) is 18.6. The van der Waals surface area contributed by atoms with Crippen LogP contribution in [-0.4, -0.2) is 52.7 Å². The van der Waals surface area contributed by atoms with Gasteiger partial charge in [-0.25, -0.2) is 9.59 Å². The minimum absolute atomic E-state index is 0.0706. The molecule has 1 fully saturated rings. The van der Waals surface area contributed by atoms with Gasteiger partial charge in [0.25, 0.3) is 5.69 Å². The highest BCUT2D eigenvalue weighted by molar-refractivity contribution is 7.99.